The number of hydrogen-bond donors (Lipinski definition) is 0. The van der Waals surface area contributed by atoms with Gasteiger partial charge in [-0.15, -0.1) is 0 Å². The van der Waals surface area contributed by atoms with Crippen molar-refractivity contribution in [3.05, 3.63) is 41.6 Å². The molecule has 0 bridgehead atoms. The highest BCUT2D eigenvalue weighted by Gasteiger charge is 2.25. The Hall–Kier alpha value is -1.79. The van der Waals surface area contributed by atoms with E-state index in [2.05, 4.69) is 4.40 Å². The summed E-state index contributed by atoms with van der Waals surface area (Å²) in [5.74, 6) is 0.730. The fourth-order valence-electron chi connectivity index (χ4n) is 1.50. The molecule has 1 unspecified atom stereocenters. The number of allylic oxidation sites excluding steroid dienone is 2. The zero-order valence-electron chi connectivity index (χ0n) is 9.99. The van der Waals surface area contributed by atoms with Crippen LogP contribution in [0.15, 0.2) is 40.4 Å². The largest absolute Gasteiger partial charge is 0.566 e. The Kier molecular flexibility index (Phi) is 3.69. The molecule has 0 saturated carbocycles. The molecule has 0 radical (unpaired) electrons. The maximum atomic E-state index is 11.7. The van der Waals surface area contributed by atoms with Gasteiger partial charge in [0, 0.05) is 11.6 Å². The van der Waals surface area contributed by atoms with Crippen molar-refractivity contribution in [3.63, 3.8) is 0 Å². The molecule has 1 aliphatic rings. The molecule has 1 aromatic carbocycles. The highest BCUT2D eigenvalue weighted by molar-refractivity contribution is 7.88. The van der Waals surface area contributed by atoms with E-state index < -0.39 is 11.5 Å². The van der Waals surface area contributed by atoms with Gasteiger partial charge in [0.15, 0.2) is 6.29 Å². The van der Waals surface area contributed by atoms with E-state index in [4.69, 9.17) is 4.74 Å². The van der Waals surface area contributed by atoms with E-state index in [-0.39, 0.29) is 0 Å². The molecule has 94 valence electrons. The molecule has 0 amide bonds. The molecular weight excluding hydrogens is 252 g/mol. The molecule has 0 saturated heterocycles. The minimum absolute atomic E-state index is 0.342. The van der Waals surface area contributed by atoms with Crippen LogP contribution in [0, 0.1) is 0 Å². The second-order valence-corrected chi connectivity index (χ2v) is 4.81. The van der Waals surface area contributed by atoms with Crippen molar-refractivity contribution < 1.29 is 14.1 Å². The second-order valence-electron chi connectivity index (χ2n) is 3.62. The lowest BCUT2D eigenvalue weighted by Gasteiger charge is -2.20. The van der Waals surface area contributed by atoms with Crippen LogP contribution in [0.25, 0.3) is 0 Å². The summed E-state index contributed by atoms with van der Waals surface area (Å²) in [7, 11) is 3.15. The van der Waals surface area contributed by atoms with Gasteiger partial charge in [0.25, 0.3) is 0 Å². The van der Waals surface area contributed by atoms with Gasteiger partial charge in [0.05, 0.1) is 14.2 Å². The predicted molar refractivity (Wildman–Crippen MR) is 69.6 cm³/mol. The number of carbonyl (C=O) groups excluding carboxylic acids is 1. The van der Waals surface area contributed by atoms with Crippen LogP contribution in [0.1, 0.15) is 5.56 Å². The third kappa shape index (κ3) is 2.39. The molecule has 0 N–H and O–H groups in total. The smallest absolute Gasteiger partial charge is 0.222 e. The Morgan fingerprint density at radius 2 is 2.06 bits per heavy atom. The van der Waals surface area contributed by atoms with Crippen LogP contribution >= 0.6 is 0 Å². The number of rotatable bonds is 3. The van der Waals surface area contributed by atoms with Crippen LogP contribution in [0.3, 0.4) is 0 Å². The van der Waals surface area contributed by atoms with Crippen molar-refractivity contribution in [3.8, 4) is 5.75 Å². The normalized spacial score (nSPS) is 19.1. The van der Waals surface area contributed by atoms with Crippen molar-refractivity contribution in [1.29, 1.82) is 0 Å². The Labute approximate surface area is 108 Å². The summed E-state index contributed by atoms with van der Waals surface area (Å²) < 4.78 is 22.1. The third-order valence-electron chi connectivity index (χ3n) is 2.57. The van der Waals surface area contributed by atoms with E-state index in [0.717, 1.165) is 11.3 Å². The van der Waals surface area contributed by atoms with Gasteiger partial charge in [-0.25, -0.2) is 0 Å². The lowest BCUT2D eigenvalue weighted by molar-refractivity contribution is -0.105. The lowest BCUT2D eigenvalue weighted by Crippen LogP contribution is -2.30. The van der Waals surface area contributed by atoms with Gasteiger partial charge in [0.2, 0.25) is 11.5 Å². The van der Waals surface area contributed by atoms with E-state index in [1.54, 1.807) is 44.5 Å². The van der Waals surface area contributed by atoms with E-state index in [0.29, 0.717) is 17.7 Å². The van der Waals surface area contributed by atoms with Crippen molar-refractivity contribution in [2.75, 3.05) is 14.2 Å². The average molecular weight is 264 g/mol. The second kappa shape index (κ2) is 5.24. The van der Waals surface area contributed by atoms with Crippen molar-refractivity contribution in [1.82, 2.24) is 4.31 Å². The minimum atomic E-state index is -1.56. The summed E-state index contributed by atoms with van der Waals surface area (Å²) in [6.45, 7) is 0. The average Bonchev–Trinajstić information content (AvgIpc) is 2.42. The van der Waals surface area contributed by atoms with Gasteiger partial charge in [-0.3, -0.25) is 4.79 Å². The molecule has 0 aliphatic carbocycles. The molecule has 0 spiro atoms. The van der Waals surface area contributed by atoms with Gasteiger partial charge in [-0.1, -0.05) is 0 Å². The van der Waals surface area contributed by atoms with Gasteiger partial charge in [0.1, 0.15) is 17.2 Å². The maximum Gasteiger partial charge on any atom is 0.222 e. The fraction of sp³-hybridized carbons (Fsp3) is 0.167. The SMILES string of the molecule is COc1ccc(C2=N[S+]([O-])N(C)C(C=O)=C2)cc1. The van der Waals surface area contributed by atoms with Crippen LogP contribution in [0.5, 0.6) is 5.75 Å². The van der Waals surface area contributed by atoms with Crippen molar-refractivity contribution in [2.24, 2.45) is 4.40 Å². The highest BCUT2D eigenvalue weighted by atomic mass is 32.2. The summed E-state index contributed by atoms with van der Waals surface area (Å²) in [6, 6.07) is 7.18. The number of hydrogen-bond acceptors (Lipinski definition) is 5. The molecule has 6 heteroatoms. The number of aldehydes is 1. The van der Waals surface area contributed by atoms with Crippen molar-refractivity contribution >= 4 is 23.5 Å². The molecule has 2 rings (SSSR count). The predicted octanol–water partition coefficient (Wildman–Crippen LogP) is 1.09. The lowest BCUT2D eigenvalue weighted by atomic mass is 10.1. The first-order valence-corrected chi connectivity index (χ1v) is 6.28. The van der Waals surface area contributed by atoms with Crippen LogP contribution in [-0.2, 0) is 16.3 Å². The summed E-state index contributed by atoms with van der Waals surface area (Å²) >= 11 is -1.56. The number of methoxy groups -OCH3 is 1. The first-order valence-electron chi connectivity index (χ1n) is 5.21. The highest BCUT2D eigenvalue weighted by Crippen LogP contribution is 2.19. The number of likely N-dealkylation sites (N-methyl/N-ethyl adjacent to an activating group) is 1. The summed E-state index contributed by atoms with van der Waals surface area (Å²) in [4.78, 5) is 10.9. The van der Waals surface area contributed by atoms with Gasteiger partial charge >= 0.3 is 0 Å². The molecule has 5 nitrogen and oxygen atoms in total. The zero-order valence-corrected chi connectivity index (χ0v) is 10.8. The van der Waals surface area contributed by atoms with Crippen LogP contribution in [0.4, 0.5) is 0 Å². The summed E-state index contributed by atoms with van der Waals surface area (Å²) in [6.07, 6.45) is 2.27. The summed E-state index contributed by atoms with van der Waals surface area (Å²) in [5, 5.41) is 0. The number of carbonyl (C=O) groups is 1. The van der Waals surface area contributed by atoms with Crippen LogP contribution < -0.4 is 4.74 Å². The van der Waals surface area contributed by atoms with E-state index in [1.807, 2.05) is 0 Å². The first kappa shape index (κ1) is 12.7. The monoisotopic (exact) mass is 264 g/mol. The van der Waals surface area contributed by atoms with Gasteiger partial charge < -0.3 is 9.29 Å². The molecule has 0 aromatic heterocycles. The van der Waals surface area contributed by atoms with E-state index in [9.17, 15) is 9.35 Å². The number of benzene rings is 1. The first-order chi connectivity index (χ1) is 8.65. The topological polar surface area (TPSA) is 65.0 Å². The van der Waals surface area contributed by atoms with E-state index in [1.165, 1.54) is 4.31 Å². The Balaban J connectivity index is 2.35. The zero-order chi connectivity index (χ0) is 13.1. The summed E-state index contributed by atoms with van der Waals surface area (Å²) in [5.41, 5.74) is 1.65. The van der Waals surface area contributed by atoms with Crippen LogP contribution in [-0.4, -0.2) is 35.0 Å². The molecule has 1 aliphatic heterocycles. The van der Waals surface area contributed by atoms with Gasteiger partial charge in [-0.2, -0.15) is 4.31 Å². The standard InChI is InChI=1S/C12H12N2O3S/c1-14-10(8-15)7-12(13-18(14)16)9-3-5-11(17-2)6-4-9/h3-8H,1-2H3. The molecule has 1 aromatic rings. The molecule has 1 heterocycles. The Bertz CT molecular complexity index is 511. The minimum Gasteiger partial charge on any atom is -0.566 e. The number of nitrogens with zero attached hydrogens (tertiary/aromatic N) is 2. The third-order valence-corrected chi connectivity index (χ3v) is 3.60. The molecule has 18 heavy (non-hydrogen) atoms. The quantitative estimate of drug-likeness (QED) is 0.605. The van der Waals surface area contributed by atoms with Gasteiger partial charge in [-0.05, 0) is 28.7 Å². The number of ether oxygens (including phenoxy) is 1. The molecule has 0 fully saturated rings. The Morgan fingerprint density at radius 3 is 2.61 bits per heavy atom. The van der Waals surface area contributed by atoms with Crippen LogP contribution in [0.2, 0.25) is 0 Å². The molecular formula is C12H12N2O3S. The Morgan fingerprint density at radius 1 is 1.39 bits per heavy atom. The fourth-order valence-corrected chi connectivity index (χ4v) is 2.22. The van der Waals surface area contributed by atoms with E-state index >= 15 is 0 Å². The molecule has 1 atom stereocenters. The maximum absolute atomic E-state index is 11.7. The van der Waals surface area contributed by atoms with Crippen molar-refractivity contribution in [2.45, 2.75) is 0 Å².